The molecule has 2 aliphatic rings. The van der Waals surface area contributed by atoms with Gasteiger partial charge in [-0.2, -0.15) is 0 Å². The molecule has 0 aromatic carbocycles. The predicted molar refractivity (Wildman–Crippen MR) is 73.3 cm³/mol. The Kier molecular flexibility index (Phi) is 3.40. The molecule has 1 aliphatic carbocycles. The number of nitrogens with zero attached hydrogens (tertiary/aromatic N) is 2. The van der Waals surface area contributed by atoms with Gasteiger partial charge in [0, 0.05) is 35.3 Å². The molecule has 1 unspecified atom stereocenters. The van der Waals surface area contributed by atoms with Crippen molar-refractivity contribution in [3.63, 3.8) is 0 Å². The van der Waals surface area contributed by atoms with Gasteiger partial charge >= 0.3 is 0 Å². The number of alkyl halides is 1. The lowest BCUT2D eigenvalue weighted by Crippen LogP contribution is -2.43. The van der Waals surface area contributed by atoms with Crippen LogP contribution in [0.15, 0.2) is 23.9 Å². The molecule has 0 saturated carbocycles. The van der Waals surface area contributed by atoms with Gasteiger partial charge in [-0.3, -0.25) is 0 Å². The third-order valence-corrected chi connectivity index (χ3v) is 3.98. The van der Waals surface area contributed by atoms with E-state index in [4.69, 9.17) is 0 Å². The molecule has 0 aromatic heterocycles. The number of likely N-dealkylation sites (N-methyl/N-ethyl adjacent to an activating group) is 1. The van der Waals surface area contributed by atoms with E-state index in [1.807, 2.05) is 0 Å². The summed E-state index contributed by atoms with van der Waals surface area (Å²) in [5.41, 5.74) is 1.43. The fraction of sp³-hybridized carbons (Fsp3) is 0.667. The highest BCUT2D eigenvalue weighted by Crippen LogP contribution is 2.30. The fourth-order valence-electron chi connectivity index (χ4n) is 2.00. The van der Waals surface area contributed by atoms with E-state index >= 15 is 0 Å². The molecule has 1 fully saturated rings. The van der Waals surface area contributed by atoms with Gasteiger partial charge in [-0.1, -0.05) is 34.7 Å². The number of piperazine rings is 1. The lowest BCUT2D eigenvalue weighted by Gasteiger charge is -2.36. The van der Waals surface area contributed by atoms with Gasteiger partial charge in [0.1, 0.15) is 0 Å². The molecule has 0 radical (unpaired) electrons. The van der Waals surface area contributed by atoms with Crippen LogP contribution in [0.2, 0.25) is 0 Å². The molecule has 3 heteroatoms. The zero-order valence-electron chi connectivity index (χ0n) is 9.54. The molecule has 84 valence electrons. The van der Waals surface area contributed by atoms with Crippen LogP contribution in [-0.4, -0.2) is 46.4 Å². The van der Waals surface area contributed by atoms with Crippen LogP contribution in [0, 0.1) is 0 Å². The molecular weight excluding hydrogens is 299 g/mol. The molecule has 0 amide bonds. The van der Waals surface area contributed by atoms with Crippen LogP contribution in [0.5, 0.6) is 0 Å². The minimum Gasteiger partial charge on any atom is -0.369 e. The van der Waals surface area contributed by atoms with E-state index in [0.717, 1.165) is 6.42 Å². The van der Waals surface area contributed by atoms with Crippen molar-refractivity contribution in [2.24, 2.45) is 0 Å². The second-order valence-corrected chi connectivity index (χ2v) is 7.20. The Morgan fingerprint density at radius 3 is 2.47 bits per heavy atom. The molecule has 1 saturated heterocycles. The molecule has 2 nitrogen and oxygen atoms in total. The van der Waals surface area contributed by atoms with Crippen LogP contribution in [0.25, 0.3) is 0 Å². The average molecular weight is 318 g/mol. The summed E-state index contributed by atoms with van der Waals surface area (Å²) in [6.45, 7) is 7.00. The van der Waals surface area contributed by atoms with E-state index in [1.165, 1.54) is 31.9 Å². The summed E-state index contributed by atoms with van der Waals surface area (Å²) >= 11 is 2.52. The molecule has 1 atom stereocenters. The highest BCUT2D eigenvalue weighted by atomic mass is 127. The zero-order chi connectivity index (χ0) is 10.9. The monoisotopic (exact) mass is 318 g/mol. The number of allylic oxidation sites excluding steroid dienone is 3. The smallest absolute Gasteiger partial charge is 0.0411 e. The van der Waals surface area contributed by atoms with E-state index in [0.29, 0.717) is 3.42 Å². The van der Waals surface area contributed by atoms with Crippen molar-refractivity contribution in [1.29, 1.82) is 0 Å². The Labute approximate surface area is 106 Å². The van der Waals surface area contributed by atoms with E-state index < -0.39 is 0 Å². The largest absolute Gasteiger partial charge is 0.369 e. The number of halogens is 1. The second kappa shape index (κ2) is 4.45. The summed E-state index contributed by atoms with van der Waals surface area (Å²) < 4.78 is 0.327. The van der Waals surface area contributed by atoms with Crippen molar-refractivity contribution in [2.75, 3.05) is 33.2 Å². The van der Waals surface area contributed by atoms with Gasteiger partial charge in [-0.05, 0) is 26.5 Å². The van der Waals surface area contributed by atoms with Crippen molar-refractivity contribution in [2.45, 2.75) is 16.8 Å². The van der Waals surface area contributed by atoms with Crippen LogP contribution >= 0.6 is 22.6 Å². The molecule has 0 spiro atoms. The van der Waals surface area contributed by atoms with Crippen molar-refractivity contribution in [1.82, 2.24) is 9.80 Å². The molecule has 0 aromatic rings. The first-order chi connectivity index (χ1) is 7.07. The molecule has 1 heterocycles. The van der Waals surface area contributed by atoms with Crippen molar-refractivity contribution in [3.8, 4) is 0 Å². The zero-order valence-corrected chi connectivity index (χ0v) is 11.7. The quantitative estimate of drug-likeness (QED) is 0.541. The average Bonchev–Trinajstić information content (AvgIpc) is 2.20. The van der Waals surface area contributed by atoms with Crippen LogP contribution in [0.4, 0.5) is 0 Å². The maximum atomic E-state index is 2.52. The minimum atomic E-state index is 0.327. The van der Waals surface area contributed by atoms with E-state index in [1.54, 1.807) is 0 Å². The topological polar surface area (TPSA) is 6.48 Å². The van der Waals surface area contributed by atoms with Gasteiger partial charge in [0.2, 0.25) is 0 Å². The summed E-state index contributed by atoms with van der Waals surface area (Å²) in [6, 6.07) is 0. The fourth-order valence-corrected chi connectivity index (χ4v) is 2.40. The number of rotatable bonds is 1. The van der Waals surface area contributed by atoms with Crippen LogP contribution in [0.1, 0.15) is 13.3 Å². The summed E-state index contributed by atoms with van der Waals surface area (Å²) in [5.74, 6) is 0. The Bertz CT molecular complexity index is 286. The first-order valence-corrected chi connectivity index (χ1v) is 6.66. The molecule has 2 rings (SSSR count). The van der Waals surface area contributed by atoms with Gasteiger partial charge in [0.25, 0.3) is 0 Å². The SMILES string of the molecule is CN1CCN(C2=CCC(C)(I)C=C2)CC1. The normalized spacial score (nSPS) is 33.0. The van der Waals surface area contributed by atoms with Gasteiger partial charge in [0.15, 0.2) is 0 Å². The Balaban J connectivity index is 1.96. The Morgan fingerprint density at radius 2 is 1.93 bits per heavy atom. The summed E-state index contributed by atoms with van der Waals surface area (Å²) in [7, 11) is 2.20. The van der Waals surface area contributed by atoms with Crippen LogP contribution in [-0.2, 0) is 0 Å². The summed E-state index contributed by atoms with van der Waals surface area (Å²) in [6.07, 6.45) is 8.17. The first kappa shape index (κ1) is 11.5. The Morgan fingerprint density at radius 1 is 1.27 bits per heavy atom. The summed E-state index contributed by atoms with van der Waals surface area (Å²) in [4.78, 5) is 4.90. The van der Waals surface area contributed by atoms with Gasteiger partial charge < -0.3 is 9.80 Å². The predicted octanol–water partition coefficient (Wildman–Crippen LogP) is 2.27. The van der Waals surface area contributed by atoms with Crippen LogP contribution < -0.4 is 0 Å². The highest BCUT2D eigenvalue weighted by molar-refractivity contribution is 14.1. The van der Waals surface area contributed by atoms with Gasteiger partial charge in [-0.15, -0.1) is 0 Å². The number of hydrogen-bond donors (Lipinski definition) is 0. The van der Waals surface area contributed by atoms with E-state index in [9.17, 15) is 0 Å². The third kappa shape index (κ3) is 2.97. The maximum Gasteiger partial charge on any atom is 0.0411 e. The van der Waals surface area contributed by atoms with Crippen molar-refractivity contribution in [3.05, 3.63) is 23.9 Å². The lowest BCUT2D eigenvalue weighted by atomic mass is 10.0. The highest BCUT2D eigenvalue weighted by Gasteiger charge is 2.21. The molecule has 0 N–H and O–H groups in total. The van der Waals surface area contributed by atoms with Gasteiger partial charge in [-0.25, -0.2) is 0 Å². The molecule has 0 bridgehead atoms. The Hall–Kier alpha value is -0.0300. The molecule has 15 heavy (non-hydrogen) atoms. The van der Waals surface area contributed by atoms with Crippen molar-refractivity contribution >= 4 is 22.6 Å². The minimum absolute atomic E-state index is 0.327. The molecule has 1 aliphatic heterocycles. The van der Waals surface area contributed by atoms with Crippen LogP contribution in [0.3, 0.4) is 0 Å². The maximum absolute atomic E-state index is 2.52. The standard InChI is InChI=1S/C12H19IN2/c1-12(13)5-3-11(4-6-12)15-9-7-14(2)8-10-15/h3-5H,6-10H2,1-2H3. The third-order valence-electron chi connectivity index (χ3n) is 3.18. The lowest BCUT2D eigenvalue weighted by molar-refractivity contribution is 0.189. The van der Waals surface area contributed by atoms with E-state index in [2.05, 4.69) is 64.6 Å². The molecular formula is C12H19IN2. The first-order valence-electron chi connectivity index (χ1n) is 5.59. The number of hydrogen-bond acceptors (Lipinski definition) is 2. The van der Waals surface area contributed by atoms with Crippen molar-refractivity contribution < 1.29 is 0 Å². The second-order valence-electron chi connectivity index (χ2n) is 4.73. The van der Waals surface area contributed by atoms with E-state index in [-0.39, 0.29) is 0 Å². The summed E-state index contributed by atoms with van der Waals surface area (Å²) in [5, 5.41) is 0. The van der Waals surface area contributed by atoms with Gasteiger partial charge in [0.05, 0.1) is 0 Å².